The zero-order chi connectivity index (χ0) is 29.3. The Kier molecular flexibility index (Phi) is 8.58. The van der Waals surface area contributed by atoms with Gasteiger partial charge in [-0.3, -0.25) is 13.8 Å². The van der Waals surface area contributed by atoms with Crippen LogP contribution in [0.5, 0.6) is 0 Å². The second-order valence-corrected chi connectivity index (χ2v) is 12.8. The van der Waals surface area contributed by atoms with Crippen LogP contribution in [0.2, 0.25) is 5.02 Å². The lowest BCUT2D eigenvalue weighted by Gasteiger charge is -2.29. The Labute approximate surface area is 229 Å². The zero-order valence-electron chi connectivity index (χ0n) is 21.2. The molecule has 0 unspecified atom stereocenters. The molecular formula is C25H25ClF3N3O5S2. The van der Waals surface area contributed by atoms with Crippen molar-refractivity contribution in [1.29, 1.82) is 0 Å². The number of sulfonamides is 2. The summed E-state index contributed by atoms with van der Waals surface area (Å²) >= 11 is 5.58. The number of nitrogens with one attached hydrogen (secondary N) is 2. The smallest absolute Gasteiger partial charge is 0.324 e. The minimum absolute atomic E-state index is 0.172. The molecule has 0 saturated carbocycles. The summed E-state index contributed by atoms with van der Waals surface area (Å²) in [5, 5.41) is 1.98. The summed E-state index contributed by atoms with van der Waals surface area (Å²) in [6.45, 7) is 4.93. The van der Waals surface area contributed by atoms with E-state index in [1.54, 1.807) is 26.0 Å². The molecule has 1 amide bonds. The van der Waals surface area contributed by atoms with Crippen LogP contribution in [0.3, 0.4) is 0 Å². The summed E-state index contributed by atoms with van der Waals surface area (Å²) in [7, 11) is -8.15. The SMILES string of the molecule is Cc1ccc(C)c(N([C@H](C)C(=O)Nc2ccc(S(=O)(=O)Nc3ccc(Cl)c(C(F)(F)F)c3)cc2)S(C)(=O)=O)c1. The van der Waals surface area contributed by atoms with Crippen molar-refractivity contribution in [3.05, 3.63) is 82.4 Å². The number of hydrogen-bond donors (Lipinski definition) is 2. The topological polar surface area (TPSA) is 113 Å². The maximum Gasteiger partial charge on any atom is 0.417 e. The molecule has 39 heavy (non-hydrogen) atoms. The Morgan fingerprint density at radius 3 is 2.08 bits per heavy atom. The number of alkyl halides is 3. The van der Waals surface area contributed by atoms with Gasteiger partial charge in [-0.25, -0.2) is 16.8 Å². The molecule has 0 spiro atoms. The van der Waals surface area contributed by atoms with E-state index in [-0.39, 0.29) is 16.3 Å². The van der Waals surface area contributed by atoms with Crippen molar-refractivity contribution in [2.75, 3.05) is 20.6 Å². The molecule has 14 heteroatoms. The molecule has 0 aliphatic carbocycles. The highest BCUT2D eigenvalue weighted by Gasteiger charge is 2.34. The second kappa shape index (κ2) is 11.1. The van der Waals surface area contributed by atoms with E-state index in [0.29, 0.717) is 17.3 Å². The van der Waals surface area contributed by atoms with Crippen LogP contribution in [0.25, 0.3) is 0 Å². The maximum atomic E-state index is 13.1. The highest BCUT2D eigenvalue weighted by molar-refractivity contribution is 7.92. The molecule has 2 N–H and O–H groups in total. The number of hydrogen-bond acceptors (Lipinski definition) is 5. The van der Waals surface area contributed by atoms with Crippen LogP contribution in [0.1, 0.15) is 23.6 Å². The van der Waals surface area contributed by atoms with Crippen molar-refractivity contribution in [3.8, 4) is 0 Å². The summed E-state index contributed by atoms with van der Waals surface area (Å²) in [5.74, 6) is -0.670. The Morgan fingerprint density at radius 1 is 0.923 bits per heavy atom. The predicted octanol–water partition coefficient (Wildman–Crippen LogP) is 5.57. The molecule has 3 rings (SSSR count). The third-order valence-corrected chi connectivity index (χ3v) is 8.60. The zero-order valence-corrected chi connectivity index (χ0v) is 23.6. The molecule has 0 bridgehead atoms. The summed E-state index contributed by atoms with van der Waals surface area (Å²) in [6, 6.07) is 11.5. The van der Waals surface area contributed by atoms with E-state index in [2.05, 4.69) is 10.0 Å². The third kappa shape index (κ3) is 7.22. The first-order valence-electron chi connectivity index (χ1n) is 11.3. The number of rotatable bonds is 8. The molecule has 0 aliphatic rings. The molecule has 3 aromatic carbocycles. The molecule has 0 radical (unpaired) electrons. The normalized spacial score (nSPS) is 13.0. The molecule has 0 fully saturated rings. The molecule has 0 saturated heterocycles. The average molecular weight is 604 g/mol. The van der Waals surface area contributed by atoms with Crippen LogP contribution in [0.15, 0.2) is 65.6 Å². The van der Waals surface area contributed by atoms with Crippen molar-refractivity contribution < 1.29 is 34.8 Å². The molecule has 3 aromatic rings. The molecule has 0 aliphatic heterocycles. The van der Waals surface area contributed by atoms with Gasteiger partial charge in [-0.1, -0.05) is 23.7 Å². The van der Waals surface area contributed by atoms with Crippen molar-refractivity contribution >= 4 is 54.6 Å². The van der Waals surface area contributed by atoms with Gasteiger partial charge in [0.15, 0.2) is 0 Å². The van der Waals surface area contributed by atoms with Crippen molar-refractivity contribution in [2.24, 2.45) is 0 Å². The highest BCUT2D eigenvalue weighted by Crippen LogP contribution is 2.36. The summed E-state index contributed by atoms with van der Waals surface area (Å²) in [4.78, 5) is 12.7. The fraction of sp³-hybridized carbons (Fsp3) is 0.240. The van der Waals surface area contributed by atoms with Crippen molar-refractivity contribution in [1.82, 2.24) is 0 Å². The number of carbonyl (C=O) groups excluding carboxylic acids is 1. The number of anilines is 3. The van der Waals surface area contributed by atoms with E-state index in [4.69, 9.17) is 11.6 Å². The van der Waals surface area contributed by atoms with Gasteiger partial charge in [0.2, 0.25) is 15.9 Å². The van der Waals surface area contributed by atoms with E-state index in [1.807, 2.05) is 6.07 Å². The first-order valence-corrected chi connectivity index (χ1v) is 15.0. The van der Waals surface area contributed by atoms with E-state index in [9.17, 15) is 34.8 Å². The predicted molar refractivity (Wildman–Crippen MR) is 145 cm³/mol. The molecular weight excluding hydrogens is 579 g/mol. The lowest BCUT2D eigenvalue weighted by molar-refractivity contribution is -0.137. The largest absolute Gasteiger partial charge is 0.417 e. The maximum absolute atomic E-state index is 13.1. The summed E-state index contributed by atoms with van der Waals surface area (Å²) < 4.78 is 93.0. The molecule has 1 atom stereocenters. The minimum atomic E-state index is -4.78. The Hall–Kier alpha value is -3.29. The Balaban J connectivity index is 1.80. The van der Waals surface area contributed by atoms with Crippen LogP contribution in [-0.2, 0) is 31.0 Å². The van der Waals surface area contributed by atoms with Gasteiger partial charge in [-0.15, -0.1) is 0 Å². The molecule has 0 aromatic heterocycles. The second-order valence-electron chi connectivity index (χ2n) is 8.84. The van der Waals surface area contributed by atoms with Gasteiger partial charge in [0, 0.05) is 11.4 Å². The lowest BCUT2D eigenvalue weighted by Crippen LogP contribution is -2.45. The Morgan fingerprint density at radius 2 is 1.51 bits per heavy atom. The van der Waals surface area contributed by atoms with Gasteiger partial charge in [0.25, 0.3) is 10.0 Å². The van der Waals surface area contributed by atoms with E-state index in [1.165, 1.54) is 19.1 Å². The van der Waals surface area contributed by atoms with Crippen molar-refractivity contribution in [2.45, 2.75) is 37.9 Å². The first kappa shape index (κ1) is 30.3. The number of carbonyl (C=O) groups is 1. The Bertz CT molecular complexity index is 1610. The number of halogens is 4. The van der Waals surface area contributed by atoms with Gasteiger partial charge in [-0.05, 0) is 80.4 Å². The fourth-order valence-electron chi connectivity index (χ4n) is 3.72. The first-order chi connectivity index (χ1) is 17.9. The van der Waals surface area contributed by atoms with E-state index < -0.39 is 48.8 Å². The fourth-order valence-corrected chi connectivity index (χ4v) is 6.22. The molecule has 210 valence electrons. The van der Waals surface area contributed by atoms with Crippen molar-refractivity contribution in [3.63, 3.8) is 0 Å². The number of amides is 1. The van der Waals surface area contributed by atoms with Crippen LogP contribution in [-0.4, -0.2) is 35.0 Å². The van der Waals surface area contributed by atoms with E-state index in [0.717, 1.165) is 40.4 Å². The van der Waals surface area contributed by atoms with Gasteiger partial charge in [-0.2, -0.15) is 13.2 Å². The number of benzene rings is 3. The van der Waals surface area contributed by atoms with Gasteiger partial charge in [0.1, 0.15) is 6.04 Å². The molecule has 0 heterocycles. The quantitative estimate of drug-likeness (QED) is 0.350. The summed E-state index contributed by atoms with van der Waals surface area (Å²) in [5.41, 5.74) is 0.437. The number of aryl methyl sites for hydroxylation is 2. The van der Waals surface area contributed by atoms with E-state index >= 15 is 0 Å². The highest BCUT2D eigenvalue weighted by atomic mass is 35.5. The number of nitrogens with zero attached hydrogens (tertiary/aromatic N) is 1. The van der Waals surface area contributed by atoms with Crippen LogP contribution < -0.4 is 14.3 Å². The minimum Gasteiger partial charge on any atom is -0.324 e. The summed E-state index contributed by atoms with van der Waals surface area (Å²) in [6.07, 6.45) is -3.79. The van der Waals surface area contributed by atoms with Crippen LogP contribution >= 0.6 is 11.6 Å². The molecule has 8 nitrogen and oxygen atoms in total. The van der Waals surface area contributed by atoms with Crippen LogP contribution in [0, 0.1) is 13.8 Å². The average Bonchev–Trinajstić information content (AvgIpc) is 2.81. The van der Waals surface area contributed by atoms with Gasteiger partial charge in [0.05, 0.1) is 27.4 Å². The van der Waals surface area contributed by atoms with Gasteiger partial charge < -0.3 is 5.32 Å². The monoisotopic (exact) mass is 603 g/mol. The lowest BCUT2D eigenvalue weighted by atomic mass is 10.1. The van der Waals surface area contributed by atoms with Crippen LogP contribution in [0.4, 0.5) is 30.2 Å². The third-order valence-electron chi connectivity index (χ3n) is 5.65. The standard InChI is InChI=1S/C25H25ClF3N3O5S2/c1-15-5-6-16(2)23(13-15)32(38(4,34)35)17(3)24(33)30-18-7-10-20(11-8-18)39(36,37)31-19-9-12-22(26)21(14-19)25(27,28)29/h5-14,17,31H,1-4H3,(H,30,33)/t17-/m1/s1. The van der Waals surface area contributed by atoms with Gasteiger partial charge >= 0.3 is 6.18 Å².